The molecule has 2 N–H and O–H groups in total. The molecule has 0 spiro atoms. The van der Waals surface area contributed by atoms with E-state index in [1.54, 1.807) is 26.0 Å². The molecule has 0 saturated heterocycles. The summed E-state index contributed by atoms with van der Waals surface area (Å²) in [5.74, 6) is 0. The second-order valence-electron chi connectivity index (χ2n) is 4.27. The number of hydrogen-bond donors (Lipinski definition) is 2. The molecule has 0 aromatic rings. The summed E-state index contributed by atoms with van der Waals surface area (Å²) in [5.41, 5.74) is 7.36. The predicted molar refractivity (Wildman–Crippen MR) is 99.3 cm³/mol. The first-order chi connectivity index (χ1) is 10.5. The number of aliphatic hydroxyl groups excluding tert-OH is 2. The molecule has 26 heavy (non-hydrogen) atoms. The Balaban J connectivity index is -0.000000161. The maximum atomic E-state index is 10.0. The van der Waals surface area contributed by atoms with Gasteiger partial charge in [0.15, 0.2) is 0 Å². The van der Waals surface area contributed by atoms with E-state index in [1.807, 2.05) is 0 Å². The first-order valence-electron chi connectivity index (χ1n) is 6.24. The van der Waals surface area contributed by atoms with Crippen molar-refractivity contribution in [2.75, 3.05) is 0 Å². The Labute approximate surface area is 192 Å². The van der Waals surface area contributed by atoms with Gasteiger partial charge in [0.25, 0.3) is 0 Å². The van der Waals surface area contributed by atoms with Crippen LogP contribution < -0.4 is 0 Å². The summed E-state index contributed by atoms with van der Waals surface area (Å²) in [4.78, 5) is 0. The summed E-state index contributed by atoms with van der Waals surface area (Å²) in [5, 5.41) is 43.2. The largest absolute Gasteiger partial charge is 0.792 e. The van der Waals surface area contributed by atoms with Crippen molar-refractivity contribution in [1.82, 2.24) is 0 Å². The minimum absolute atomic E-state index is 0. The van der Waals surface area contributed by atoms with E-state index in [2.05, 4.69) is 21.8 Å². The van der Waals surface area contributed by atoms with E-state index >= 15 is 0 Å². The Bertz CT molecular complexity index is 618. The fourth-order valence-electron chi connectivity index (χ4n) is 1.38. The molecule has 0 bridgehead atoms. The number of hydrogen-bond acceptors (Lipinski definition) is 6. The SMILES string of the molecule is C/C(=N\[O-])C1=C=C[C](O)C=C1.C/C(=N\[O-])C1=C=C[C](O)C=C1.Cl.Cl.[Pd].[Pd]. The van der Waals surface area contributed by atoms with Crippen molar-refractivity contribution in [3.63, 3.8) is 0 Å². The fourth-order valence-corrected chi connectivity index (χ4v) is 1.38. The third-order valence-corrected chi connectivity index (χ3v) is 2.65. The number of rotatable bonds is 2. The Hall–Kier alpha value is -0.715. The van der Waals surface area contributed by atoms with Crippen molar-refractivity contribution in [1.29, 1.82) is 0 Å². The summed E-state index contributed by atoms with van der Waals surface area (Å²) in [6, 6.07) is 0. The van der Waals surface area contributed by atoms with Gasteiger partial charge in [-0.1, -0.05) is 0 Å². The minimum Gasteiger partial charge on any atom is -0.792 e. The average molecular weight is 584 g/mol. The van der Waals surface area contributed by atoms with Crippen molar-refractivity contribution >= 4 is 36.2 Å². The predicted octanol–water partition coefficient (Wildman–Crippen LogP) is 3.84. The summed E-state index contributed by atoms with van der Waals surface area (Å²) < 4.78 is 0. The van der Waals surface area contributed by atoms with Crippen LogP contribution in [0.25, 0.3) is 0 Å². The molecule has 0 aromatic carbocycles. The van der Waals surface area contributed by atoms with Crippen LogP contribution in [0.15, 0.2) is 69.4 Å². The molecule has 2 aliphatic carbocycles. The Morgan fingerprint density at radius 2 is 1.08 bits per heavy atom. The van der Waals surface area contributed by atoms with Gasteiger partial charge < -0.3 is 30.9 Å². The van der Waals surface area contributed by atoms with Gasteiger partial charge in [-0.2, -0.15) is 0 Å². The van der Waals surface area contributed by atoms with Crippen LogP contribution >= 0.6 is 24.8 Å². The van der Waals surface area contributed by atoms with Crippen LogP contribution in [0.3, 0.4) is 0 Å². The van der Waals surface area contributed by atoms with Gasteiger partial charge in [-0.25, -0.2) is 0 Å². The average Bonchev–Trinajstić information content (AvgIpc) is 2.55. The Morgan fingerprint density at radius 1 is 0.769 bits per heavy atom. The zero-order chi connectivity index (χ0) is 16.5. The standard InChI is InChI=1S/2C8H8NO2.2ClH.2Pd/c2*1-6(9-11)7-2-4-8(10)5-3-7;;;;/h2*2,4-5,10-11H,1H3;2*1H;;/p-2/b2*9-6+;;;;. The van der Waals surface area contributed by atoms with Crippen LogP contribution in [0, 0.1) is 22.6 Å². The maximum absolute atomic E-state index is 10.0. The number of nitrogens with zero attached hydrogens (tertiary/aromatic N) is 2. The van der Waals surface area contributed by atoms with Crippen LogP contribution in [0.1, 0.15) is 13.8 Å². The molecule has 0 fully saturated rings. The molecular weight excluding hydrogens is 568 g/mol. The van der Waals surface area contributed by atoms with Gasteiger partial charge in [0.2, 0.25) is 0 Å². The number of halogens is 2. The summed E-state index contributed by atoms with van der Waals surface area (Å²) in [6.07, 6.45) is 9.20. The first-order valence-corrected chi connectivity index (χ1v) is 6.24. The van der Waals surface area contributed by atoms with Crippen molar-refractivity contribution in [2.45, 2.75) is 13.8 Å². The van der Waals surface area contributed by atoms with E-state index in [-0.39, 0.29) is 77.9 Å². The van der Waals surface area contributed by atoms with Crippen LogP contribution in [0.2, 0.25) is 0 Å². The van der Waals surface area contributed by atoms with Crippen molar-refractivity contribution in [2.24, 2.45) is 10.3 Å². The minimum atomic E-state index is 0. The summed E-state index contributed by atoms with van der Waals surface area (Å²) in [7, 11) is 0. The molecule has 0 unspecified atom stereocenters. The van der Waals surface area contributed by atoms with E-state index in [0.29, 0.717) is 22.6 Å². The van der Waals surface area contributed by atoms with Gasteiger partial charge in [-0.3, -0.25) is 0 Å². The molecule has 2 radical (unpaired) electrons. The summed E-state index contributed by atoms with van der Waals surface area (Å²) >= 11 is 0. The smallest absolute Gasteiger partial charge is 0.145 e. The van der Waals surface area contributed by atoms with Gasteiger partial charge in [0, 0.05) is 63.4 Å². The van der Waals surface area contributed by atoms with Gasteiger partial charge in [0.05, 0.1) is 0 Å². The van der Waals surface area contributed by atoms with E-state index < -0.39 is 0 Å². The molecule has 0 aromatic heterocycles. The molecule has 0 amide bonds. The maximum Gasteiger partial charge on any atom is 0.145 e. The topological polar surface area (TPSA) is 111 Å². The normalized spacial score (nSPS) is 15.8. The monoisotopic (exact) mass is 582 g/mol. The van der Waals surface area contributed by atoms with Crippen LogP contribution in [0.5, 0.6) is 0 Å². The van der Waals surface area contributed by atoms with Crippen molar-refractivity contribution < 1.29 is 51.1 Å². The molecule has 0 atom stereocenters. The van der Waals surface area contributed by atoms with E-state index in [9.17, 15) is 10.4 Å². The molecule has 0 aliphatic heterocycles. The third-order valence-electron chi connectivity index (χ3n) is 2.65. The van der Waals surface area contributed by atoms with Crippen molar-refractivity contribution in [3.05, 3.63) is 81.7 Å². The van der Waals surface area contributed by atoms with Gasteiger partial charge in [-0.15, -0.1) is 36.3 Å². The molecular formula is C16H16Cl2N2O4Pd2-2. The molecule has 10 heteroatoms. The van der Waals surface area contributed by atoms with E-state index in [1.165, 1.54) is 24.3 Å². The summed E-state index contributed by atoms with van der Waals surface area (Å²) in [6.45, 7) is 3.19. The molecule has 0 saturated carbocycles. The van der Waals surface area contributed by atoms with Crippen molar-refractivity contribution in [3.8, 4) is 0 Å². The van der Waals surface area contributed by atoms with Gasteiger partial charge in [0.1, 0.15) is 12.2 Å². The molecule has 0 heterocycles. The molecule has 2 rings (SSSR count). The van der Waals surface area contributed by atoms with Gasteiger partial charge in [-0.05, 0) is 50.3 Å². The molecule has 6 nitrogen and oxygen atoms in total. The molecule has 150 valence electrons. The zero-order valence-corrected chi connectivity index (χ0v) is 18.3. The van der Waals surface area contributed by atoms with Crippen LogP contribution in [-0.2, 0) is 40.8 Å². The van der Waals surface area contributed by atoms with E-state index in [4.69, 9.17) is 10.2 Å². The fraction of sp³-hybridized carbons (Fsp3) is 0.125. The zero-order valence-electron chi connectivity index (χ0n) is 13.5. The van der Waals surface area contributed by atoms with Gasteiger partial charge >= 0.3 is 0 Å². The second-order valence-corrected chi connectivity index (χ2v) is 4.27. The Morgan fingerprint density at radius 3 is 1.27 bits per heavy atom. The van der Waals surface area contributed by atoms with Crippen LogP contribution in [-0.4, -0.2) is 21.6 Å². The molecule has 2 aliphatic rings. The first kappa shape index (κ1) is 32.9. The third kappa shape index (κ3) is 11.8. The Kier molecular flexibility index (Phi) is 22.4. The second kappa shape index (κ2) is 17.7. The van der Waals surface area contributed by atoms with E-state index in [0.717, 1.165) is 0 Å². The number of aliphatic hydroxyl groups is 2. The quantitative estimate of drug-likeness (QED) is 0.223. The van der Waals surface area contributed by atoms with Crippen LogP contribution in [0.4, 0.5) is 0 Å². The number of allylic oxidation sites excluding steroid dienone is 2.